The zero-order chi connectivity index (χ0) is 20.1. The van der Waals surface area contributed by atoms with E-state index in [9.17, 15) is 13.2 Å². The van der Waals surface area contributed by atoms with Crippen LogP contribution in [0.2, 0.25) is 0 Å². The van der Waals surface area contributed by atoms with Crippen LogP contribution in [0.3, 0.4) is 0 Å². The summed E-state index contributed by atoms with van der Waals surface area (Å²) in [6, 6.07) is 12.1. The maximum atomic E-state index is 12.4. The molecule has 1 aliphatic rings. The molecule has 2 aromatic carbocycles. The van der Waals surface area contributed by atoms with Crippen LogP contribution in [0.4, 0.5) is 0 Å². The molecular weight excluding hydrogens is 374 g/mol. The Morgan fingerprint density at radius 3 is 2.50 bits per heavy atom. The SMILES string of the molecule is C/C=C/C=C/C(=O)NC(c1ccc(S(C)(=O)=O)cc1)c1ccc2c(c1)CCO2. The van der Waals surface area contributed by atoms with Crippen molar-refractivity contribution in [3.8, 4) is 5.75 Å². The van der Waals surface area contributed by atoms with Crippen molar-refractivity contribution in [1.82, 2.24) is 5.32 Å². The maximum absolute atomic E-state index is 12.4. The van der Waals surface area contributed by atoms with Gasteiger partial charge in [0.25, 0.3) is 0 Å². The minimum absolute atomic E-state index is 0.230. The van der Waals surface area contributed by atoms with Crippen molar-refractivity contribution in [3.63, 3.8) is 0 Å². The molecule has 0 saturated carbocycles. The van der Waals surface area contributed by atoms with Gasteiger partial charge in [0.15, 0.2) is 9.84 Å². The Hall–Kier alpha value is -2.86. The highest BCUT2D eigenvalue weighted by atomic mass is 32.2. The minimum Gasteiger partial charge on any atom is -0.493 e. The van der Waals surface area contributed by atoms with Gasteiger partial charge in [-0.2, -0.15) is 0 Å². The van der Waals surface area contributed by atoms with E-state index >= 15 is 0 Å². The summed E-state index contributed by atoms with van der Waals surface area (Å²) in [5.41, 5.74) is 2.83. The van der Waals surface area contributed by atoms with E-state index in [-0.39, 0.29) is 10.8 Å². The number of amides is 1. The average Bonchev–Trinajstić information content (AvgIpc) is 3.13. The molecule has 3 rings (SSSR count). The fraction of sp³-hybridized carbons (Fsp3) is 0.227. The van der Waals surface area contributed by atoms with Crippen molar-refractivity contribution in [2.75, 3.05) is 12.9 Å². The lowest BCUT2D eigenvalue weighted by Gasteiger charge is -2.20. The van der Waals surface area contributed by atoms with Gasteiger partial charge in [-0.1, -0.05) is 36.4 Å². The highest BCUT2D eigenvalue weighted by Crippen LogP contribution is 2.31. The molecule has 1 unspecified atom stereocenters. The smallest absolute Gasteiger partial charge is 0.244 e. The number of fused-ring (bicyclic) bond motifs is 1. The van der Waals surface area contributed by atoms with Crippen molar-refractivity contribution >= 4 is 15.7 Å². The number of rotatable bonds is 6. The Balaban J connectivity index is 1.95. The fourth-order valence-electron chi connectivity index (χ4n) is 3.10. The quantitative estimate of drug-likeness (QED) is 0.599. The molecule has 0 radical (unpaired) electrons. The first-order valence-corrected chi connectivity index (χ1v) is 10.9. The molecular formula is C22H23NO4S. The second-order valence-corrected chi connectivity index (χ2v) is 8.65. The lowest BCUT2D eigenvalue weighted by molar-refractivity contribution is -0.117. The third-order valence-electron chi connectivity index (χ3n) is 4.53. The zero-order valence-electron chi connectivity index (χ0n) is 15.9. The third-order valence-corrected chi connectivity index (χ3v) is 5.65. The van der Waals surface area contributed by atoms with E-state index in [0.29, 0.717) is 6.61 Å². The molecule has 0 aliphatic carbocycles. The van der Waals surface area contributed by atoms with E-state index in [0.717, 1.165) is 28.9 Å². The van der Waals surface area contributed by atoms with Crippen LogP contribution in [0.5, 0.6) is 5.75 Å². The first-order valence-electron chi connectivity index (χ1n) is 9.04. The number of ether oxygens (including phenoxy) is 1. The molecule has 2 aromatic rings. The van der Waals surface area contributed by atoms with Crippen LogP contribution < -0.4 is 10.1 Å². The number of carbonyl (C=O) groups is 1. The topological polar surface area (TPSA) is 72.5 Å². The molecule has 0 saturated heterocycles. The highest BCUT2D eigenvalue weighted by molar-refractivity contribution is 7.90. The van der Waals surface area contributed by atoms with Crippen LogP contribution in [0.1, 0.15) is 29.7 Å². The summed E-state index contributed by atoms with van der Waals surface area (Å²) in [6.45, 7) is 2.53. The van der Waals surface area contributed by atoms with Gasteiger partial charge in [-0.3, -0.25) is 4.79 Å². The summed E-state index contributed by atoms with van der Waals surface area (Å²) < 4.78 is 29.0. The van der Waals surface area contributed by atoms with Gasteiger partial charge < -0.3 is 10.1 Å². The second kappa shape index (κ2) is 8.44. The van der Waals surface area contributed by atoms with E-state index in [1.165, 1.54) is 12.3 Å². The minimum atomic E-state index is -3.28. The van der Waals surface area contributed by atoms with Crippen molar-refractivity contribution in [3.05, 3.63) is 83.5 Å². The molecule has 6 heteroatoms. The van der Waals surface area contributed by atoms with Gasteiger partial charge in [0.1, 0.15) is 5.75 Å². The number of benzene rings is 2. The van der Waals surface area contributed by atoms with Crippen LogP contribution in [0.15, 0.2) is 71.7 Å². The molecule has 28 heavy (non-hydrogen) atoms. The van der Waals surface area contributed by atoms with Gasteiger partial charge in [0, 0.05) is 18.8 Å². The molecule has 0 spiro atoms. The Morgan fingerprint density at radius 1 is 1.11 bits per heavy atom. The lowest BCUT2D eigenvalue weighted by Crippen LogP contribution is -2.27. The summed E-state index contributed by atoms with van der Waals surface area (Å²) in [5, 5.41) is 3.01. The summed E-state index contributed by atoms with van der Waals surface area (Å²) in [4.78, 5) is 12.6. The Bertz CT molecular complexity index is 1020. The van der Waals surface area contributed by atoms with Crippen LogP contribution >= 0.6 is 0 Å². The second-order valence-electron chi connectivity index (χ2n) is 6.63. The van der Waals surface area contributed by atoms with Crippen molar-refractivity contribution in [2.45, 2.75) is 24.3 Å². The van der Waals surface area contributed by atoms with E-state index in [2.05, 4.69) is 5.32 Å². The molecule has 0 fully saturated rings. The van der Waals surface area contributed by atoms with Gasteiger partial charge >= 0.3 is 0 Å². The summed E-state index contributed by atoms with van der Waals surface area (Å²) in [5.74, 6) is 0.640. The Morgan fingerprint density at radius 2 is 1.82 bits per heavy atom. The molecule has 1 N–H and O–H groups in total. The molecule has 1 atom stereocenters. The maximum Gasteiger partial charge on any atom is 0.244 e. The molecule has 1 heterocycles. The number of hydrogen-bond acceptors (Lipinski definition) is 4. The van der Waals surface area contributed by atoms with Crippen LogP contribution in [-0.2, 0) is 21.1 Å². The normalized spacial score (nSPS) is 14.8. The monoisotopic (exact) mass is 397 g/mol. The average molecular weight is 397 g/mol. The number of hydrogen-bond donors (Lipinski definition) is 1. The zero-order valence-corrected chi connectivity index (χ0v) is 16.7. The first kappa shape index (κ1) is 19.9. The van der Waals surface area contributed by atoms with Crippen LogP contribution in [0.25, 0.3) is 0 Å². The largest absolute Gasteiger partial charge is 0.493 e. The van der Waals surface area contributed by atoms with Gasteiger partial charge in [0.05, 0.1) is 17.5 Å². The predicted octanol–water partition coefficient (Wildman–Crippen LogP) is 3.36. The number of carbonyl (C=O) groups excluding carboxylic acids is 1. The van der Waals surface area contributed by atoms with Crippen LogP contribution in [-0.4, -0.2) is 27.2 Å². The molecule has 0 bridgehead atoms. The molecule has 146 valence electrons. The highest BCUT2D eigenvalue weighted by Gasteiger charge is 2.20. The van der Waals surface area contributed by atoms with E-state index in [1.807, 2.05) is 31.2 Å². The van der Waals surface area contributed by atoms with Crippen molar-refractivity contribution in [2.24, 2.45) is 0 Å². The Labute approximate surface area is 165 Å². The van der Waals surface area contributed by atoms with Gasteiger partial charge in [-0.15, -0.1) is 0 Å². The van der Waals surface area contributed by atoms with Crippen molar-refractivity contribution < 1.29 is 17.9 Å². The predicted molar refractivity (Wildman–Crippen MR) is 109 cm³/mol. The van der Waals surface area contributed by atoms with E-state index < -0.39 is 15.9 Å². The van der Waals surface area contributed by atoms with Gasteiger partial charge in [-0.05, 0) is 47.9 Å². The Kier molecular flexibility index (Phi) is 5.99. The number of nitrogens with one attached hydrogen (secondary N) is 1. The molecule has 0 aromatic heterocycles. The lowest BCUT2D eigenvalue weighted by atomic mass is 9.96. The third kappa shape index (κ3) is 4.70. The summed E-state index contributed by atoms with van der Waals surface area (Å²) >= 11 is 0. The van der Waals surface area contributed by atoms with Crippen molar-refractivity contribution in [1.29, 1.82) is 0 Å². The summed E-state index contributed by atoms with van der Waals surface area (Å²) in [6.07, 6.45) is 8.77. The molecule has 1 amide bonds. The van der Waals surface area contributed by atoms with Crippen LogP contribution in [0, 0.1) is 0 Å². The standard InChI is InChI=1S/C22H23NO4S/c1-3-4-5-6-21(24)23-22(16-7-10-19(11-8-16)28(2,25)26)18-9-12-20-17(15-18)13-14-27-20/h3-12,15,22H,13-14H2,1-2H3,(H,23,24)/b4-3+,6-5+. The number of allylic oxidation sites excluding steroid dienone is 3. The van der Waals surface area contributed by atoms with E-state index in [1.54, 1.807) is 36.4 Å². The van der Waals surface area contributed by atoms with Gasteiger partial charge in [-0.25, -0.2) is 8.42 Å². The van der Waals surface area contributed by atoms with Gasteiger partial charge in [0.2, 0.25) is 5.91 Å². The number of sulfone groups is 1. The molecule has 1 aliphatic heterocycles. The summed E-state index contributed by atoms with van der Waals surface area (Å²) in [7, 11) is -3.28. The fourth-order valence-corrected chi connectivity index (χ4v) is 3.73. The molecule has 5 nitrogen and oxygen atoms in total. The first-order chi connectivity index (χ1) is 13.4. The van der Waals surface area contributed by atoms with E-state index in [4.69, 9.17) is 4.74 Å².